The Morgan fingerprint density at radius 2 is 1.23 bits per heavy atom. The number of sulfonamides is 1. The van der Waals surface area contributed by atoms with Crippen LogP contribution in [0.15, 0.2) is 77.7 Å². The third-order valence-corrected chi connectivity index (χ3v) is 8.42. The van der Waals surface area contributed by atoms with Crippen molar-refractivity contribution in [3.63, 3.8) is 0 Å². The summed E-state index contributed by atoms with van der Waals surface area (Å²) in [4.78, 5) is 0.0393. The minimum Gasteiger partial charge on any atom is -0.287 e. The van der Waals surface area contributed by atoms with Crippen LogP contribution in [0.1, 0.15) is 34.2 Å². The highest BCUT2D eigenvalue weighted by Crippen LogP contribution is 2.44. The van der Waals surface area contributed by atoms with Crippen molar-refractivity contribution in [1.29, 1.82) is 0 Å². The molecule has 4 nitrogen and oxygen atoms in total. The fraction of sp³-hybridized carbons (Fsp3) is 0.333. The Morgan fingerprint density at radius 3 is 1.66 bits per heavy atom. The molecular formula is C27H28F3NO3S. The molecule has 186 valence electrons. The van der Waals surface area contributed by atoms with Crippen LogP contribution >= 0.6 is 0 Å². The number of nitrogens with zero attached hydrogens (tertiary/aromatic N) is 1. The summed E-state index contributed by atoms with van der Waals surface area (Å²) in [7, 11) is -4.08. The Morgan fingerprint density at radius 1 is 0.800 bits per heavy atom. The van der Waals surface area contributed by atoms with Crippen LogP contribution in [0, 0.1) is 20.8 Å². The second kappa shape index (κ2) is 9.41. The molecular weight excluding hydrogens is 475 g/mol. The highest BCUT2D eigenvalue weighted by molar-refractivity contribution is 7.89. The minimum atomic E-state index is -4.90. The molecule has 1 aliphatic rings. The number of ether oxygens (including phenoxy) is 1. The molecule has 1 saturated heterocycles. The van der Waals surface area contributed by atoms with E-state index in [2.05, 4.69) is 4.74 Å². The van der Waals surface area contributed by atoms with Gasteiger partial charge in [-0.15, -0.1) is 13.2 Å². The highest BCUT2D eigenvalue weighted by Gasteiger charge is 2.49. The van der Waals surface area contributed by atoms with Crippen molar-refractivity contribution in [3.05, 3.63) is 101 Å². The molecule has 0 aliphatic carbocycles. The molecule has 0 radical (unpaired) electrons. The van der Waals surface area contributed by atoms with Gasteiger partial charge in [-0.25, -0.2) is 8.42 Å². The molecule has 1 fully saturated rings. The van der Waals surface area contributed by atoms with Gasteiger partial charge in [0.05, 0.1) is 11.0 Å². The van der Waals surface area contributed by atoms with Crippen molar-refractivity contribution in [2.45, 2.75) is 50.0 Å². The minimum absolute atomic E-state index is 0.00690. The SMILES string of the molecule is Cc1ccc(C2(c3ccc(C)cc3)CC(OC(F)(F)F)CN(S(=O)(=O)c3ccc(C)cc3)C2)cc1. The lowest BCUT2D eigenvalue weighted by atomic mass is 9.69. The van der Waals surface area contributed by atoms with E-state index in [1.54, 1.807) is 12.1 Å². The van der Waals surface area contributed by atoms with Crippen LogP contribution in [0.4, 0.5) is 13.2 Å². The first kappa shape index (κ1) is 25.4. The molecule has 0 spiro atoms. The second-order valence-electron chi connectivity index (χ2n) is 9.31. The molecule has 8 heteroatoms. The fourth-order valence-electron chi connectivity index (χ4n) is 4.75. The molecule has 3 aromatic rings. The Hall–Kier alpha value is -2.68. The normalized spacial score (nSPS) is 19.0. The van der Waals surface area contributed by atoms with Gasteiger partial charge in [-0.3, -0.25) is 4.74 Å². The van der Waals surface area contributed by atoms with Gasteiger partial charge >= 0.3 is 6.36 Å². The summed E-state index contributed by atoms with van der Waals surface area (Å²) in [6, 6.07) is 21.3. The summed E-state index contributed by atoms with van der Waals surface area (Å²) < 4.78 is 73.2. The summed E-state index contributed by atoms with van der Waals surface area (Å²) in [6.45, 7) is 5.28. The highest BCUT2D eigenvalue weighted by atomic mass is 32.2. The standard InChI is InChI=1S/C27H28F3NO3S/c1-19-4-10-22(11-5-19)26(23-12-6-20(2)7-13-23)16-24(34-27(28,29)30)17-31(18-26)35(32,33)25-14-8-21(3)9-15-25/h4-15,24H,16-18H2,1-3H3. The first-order valence-corrected chi connectivity index (χ1v) is 12.8. The van der Waals surface area contributed by atoms with E-state index >= 15 is 0 Å². The zero-order chi connectivity index (χ0) is 25.4. The molecule has 35 heavy (non-hydrogen) atoms. The number of rotatable bonds is 5. The van der Waals surface area contributed by atoms with Crippen molar-refractivity contribution in [2.24, 2.45) is 0 Å². The fourth-order valence-corrected chi connectivity index (χ4v) is 6.28. The van der Waals surface area contributed by atoms with Crippen LogP contribution in [0.25, 0.3) is 0 Å². The van der Waals surface area contributed by atoms with Gasteiger partial charge in [-0.1, -0.05) is 77.4 Å². The van der Waals surface area contributed by atoms with E-state index in [-0.39, 0.29) is 17.9 Å². The Labute approximate surface area is 204 Å². The Kier molecular flexibility index (Phi) is 6.83. The van der Waals surface area contributed by atoms with E-state index < -0.39 is 34.4 Å². The Bertz CT molecular complexity index is 1220. The number of halogens is 3. The largest absolute Gasteiger partial charge is 0.522 e. The molecule has 4 rings (SSSR count). The number of hydrogen-bond acceptors (Lipinski definition) is 3. The molecule has 0 bridgehead atoms. The smallest absolute Gasteiger partial charge is 0.287 e. The van der Waals surface area contributed by atoms with Gasteiger partial charge in [0.2, 0.25) is 10.0 Å². The van der Waals surface area contributed by atoms with Crippen LogP contribution < -0.4 is 0 Å². The monoisotopic (exact) mass is 503 g/mol. The van der Waals surface area contributed by atoms with E-state index in [0.29, 0.717) is 0 Å². The average Bonchev–Trinajstić information content (AvgIpc) is 2.79. The number of benzene rings is 3. The quantitative estimate of drug-likeness (QED) is 0.436. The molecule has 1 heterocycles. The van der Waals surface area contributed by atoms with Crippen LogP contribution in [-0.4, -0.2) is 38.3 Å². The van der Waals surface area contributed by atoms with Gasteiger partial charge in [0.25, 0.3) is 0 Å². The molecule has 0 saturated carbocycles. The van der Waals surface area contributed by atoms with Crippen molar-refractivity contribution >= 4 is 10.0 Å². The van der Waals surface area contributed by atoms with Gasteiger partial charge in [-0.2, -0.15) is 4.31 Å². The Balaban J connectivity index is 1.88. The van der Waals surface area contributed by atoms with Gasteiger partial charge in [-0.05, 0) is 50.5 Å². The van der Waals surface area contributed by atoms with Crippen LogP contribution in [0.3, 0.4) is 0 Å². The number of piperidine rings is 1. The van der Waals surface area contributed by atoms with E-state index in [1.807, 2.05) is 69.3 Å². The van der Waals surface area contributed by atoms with Crippen molar-refractivity contribution in [3.8, 4) is 0 Å². The molecule has 1 aliphatic heterocycles. The van der Waals surface area contributed by atoms with Gasteiger partial charge < -0.3 is 0 Å². The van der Waals surface area contributed by atoms with Gasteiger partial charge in [0, 0.05) is 18.5 Å². The molecule has 3 aromatic carbocycles. The lowest BCUT2D eigenvalue weighted by molar-refractivity contribution is -0.346. The third kappa shape index (κ3) is 5.44. The second-order valence-corrected chi connectivity index (χ2v) is 11.3. The van der Waals surface area contributed by atoms with E-state index in [0.717, 1.165) is 32.1 Å². The summed E-state index contributed by atoms with van der Waals surface area (Å²) in [5.74, 6) is 0. The molecule has 1 unspecified atom stereocenters. The molecule has 1 atom stereocenters. The van der Waals surface area contributed by atoms with E-state index in [4.69, 9.17) is 0 Å². The zero-order valence-corrected chi connectivity index (χ0v) is 20.7. The summed E-state index contributed by atoms with van der Waals surface area (Å²) in [5, 5.41) is 0. The first-order valence-electron chi connectivity index (χ1n) is 11.3. The van der Waals surface area contributed by atoms with Crippen molar-refractivity contribution < 1.29 is 26.3 Å². The van der Waals surface area contributed by atoms with Gasteiger partial charge in [0.15, 0.2) is 0 Å². The zero-order valence-electron chi connectivity index (χ0n) is 19.8. The number of hydrogen-bond donors (Lipinski definition) is 0. The van der Waals surface area contributed by atoms with Crippen molar-refractivity contribution in [1.82, 2.24) is 4.31 Å². The third-order valence-electron chi connectivity index (χ3n) is 6.60. The molecule has 0 N–H and O–H groups in total. The van der Waals surface area contributed by atoms with Crippen molar-refractivity contribution in [2.75, 3.05) is 13.1 Å². The predicted octanol–water partition coefficient (Wildman–Crippen LogP) is 5.90. The summed E-state index contributed by atoms with van der Waals surface area (Å²) >= 11 is 0. The maximum atomic E-state index is 13.7. The number of alkyl halides is 3. The predicted molar refractivity (Wildman–Crippen MR) is 129 cm³/mol. The topological polar surface area (TPSA) is 46.6 Å². The molecule has 0 aromatic heterocycles. The lowest BCUT2D eigenvalue weighted by Crippen LogP contribution is -2.55. The summed E-state index contributed by atoms with van der Waals surface area (Å²) in [5.41, 5.74) is 3.33. The average molecular weight is 504 g/mol. The summed E-state index contributed by atoms with van der Waals surface area (Å²) in [6.07, 6.45) is -6.29. The van der Waals surface area contributed by atoms with E-state index in [9.17, 15) is 21.6 Å². The van der Waals surface area contributed by atoms with Crippen LogP contribution in [0.2, 0.25) is 0 Å². The van der Waals surface area contributed by atoms with E-state index in [1.165, 1.54) is 12.1 Å². The van der Waals surface area contributed by atoms with Crippen LogP contribution in [-0.2, 0) is 20.2 Å². The van der Waals surface area contributed by atoms with Gasteiger partial charge in [0.1, 0.15) is 0 Å². The first-order chi connectivity index (χ1) is 16.4. The van der Waals surface area contributed by atoms with Crippen LogP contribution in [0.5, 0.6) is 0 Å². The lowest BCUT2D eigenvalue weighted by Gasteiger charge is -2.46. The maximum absolute atomic E-state index is 13.7. The molecule has 0 amide bonds. The maximum Gasteiger partial charge on any atom is 0.522 e. The number of aryl methyl sites for hydroxylation is 3.